The first kappa shape index (κ1) is 13.3. The first-order chi connectivity index (χ1) is 8.97. The van der Waals surface area contributed by atoms with E-state index < -0.39 is 5.97 Å². The number of carboxylic acid groups (broad SMARTS) is 1. The molecule has 0 aromatic carbocycles. The van der Waals surface area contributed by atoms with Gasteiger partial charge in [0.15, 0.2) is 0 Å². The molecular formula is C12H12N2O4S. The molecule has 0 bridgehead atoms. The number of thiazole rings is 1. The van der Waals surface area contributed by atoms with E-state index in [4.69, 9.17) is 9.52 Å². The Balaban J connectivity index is 2.01. The summed E-state index contributed by atoms with van der Waals surface area (Å²) >= 11 is 1.06. The lowest BCUT2D eigenvalue weighted by atomic mass is 10.3. The van der Waals surface area contributed by atoms with E-state index in [1.807, 2.05) is 0 Å². The highest BCUT2D eigenvalue weighted by atomic mass is 32.1. The summed E-state index contributed by atoms with van der Waals surface area (Å²) in [6.07, 6.45) is 1.38. The molecule has 0 unspecified atom stereocenters. The lowest BCUT2D eigenvalue weighted by Gasteiger charge is -1.99. The van der Waals surface area contributed by atoms with Crippen LogP contribution in [0.4, 0.5) is 0 Å². The van der Waals surface area contributed by atoms with Gasteiger partial charge in [-0.3, -0.25) is 4.79 Å². The minimum Gasteiger partial charge on any atom is -0.477 e. The predicted octanol–water partition coefficient (Wildman–Crippen LogP) is 1.98. The molecule has 1 amide bonds. The van der Waals surface area contributed by atoms with Gasteiger partial charge in [0, 0.05) is 0 Å². The van der Waals surface area contributed by atoms with E-state index in [-0.39, 0.29) is 17.3 Å². The number of hydrogen-bond acceptors (Lipinski definition) is 5. The lowest BCUT2D eigenvalue weighted by Crippen LogP contribution is -2.22. The molecule has 100 valence electrons. The number of furan rings is 1. The molecule has 7 heteroatoms. The maximum absolute atomic E-state index is 11.7. The van der Waals surface area contributed by atoms with Crippen LogP contribution in [-0.2, 0) is 6.54 Å². The minimum atomic E-state index is -1.00. The van der Waals surface area contributed by atoms with Gasteiger partial charge in [0.25, 0.3) is 5.91 Å². The van der Waals surface area contributed by atoms with Gasteiger partial charge in [-0.15, -0.1) is 11.3 Å². The number of amides is 1. The molecule has 0 aliphatic heterocycles. The van der Waals surface area contributed by atoms with Crippen molar-refractivity contribution in [3.05, 3.63) is 39.2 Å². The minimum absolute atomic E-state index is 0.196. The van der Waals surface area contributed by atoms with Crippen molar-refractivity contribution in [3.8, 4) is 0 Å². The summed E-state index contributed by atoms with van der Waals surface area (Å²) in [7, 11) is 0. The summed E-state index contributed by atoms with van der Waals surface area (Å²) in [5, 5.41) is 12.1. The Bertz CT molecular complexity index is 629. The highest BCUT2D eigenvalue weighted by Crippen LogP contribution is 2.18. The van der Waals surface area contributed by atoms with Crippen LogP contribution in [0.15, 0.2) is 16.7 Å². The van der Waals surface area contributed by atoms with E-state index in [2.05, 4.69) is 10.3 Å². The number of aromatic carboxylic acids is 1. The Morgan fingerprint density at radius 3 is 2.74 bits per heavy atom. The number of carbonyl (C=O) groups is 2. The molecule has 2 N–H and O–H groups in total. The third-order valence-electron chi connectivity index (χ3n) is 2.43. The molecule has 0 aliphatic rings. The summed E-state index contributed by atoms with van der Waals surface area (Å²) in [6.45, 7) is 3.58. The van der Waals surface area contributed by atoms with E-state index in [9.17, 15) is 9.59 Å². The highest BCUT2D eigenvalue weighted by Gasteiger charge is 2.15. The van der Waals surface area contributed by atoms with Crippen molar-refractivity contribution in [2.75, 3.05) is 0 Å². The smallest absolute Gasteiger partial charge is 0.347 e. The van der Waals surface area contributed by atoms with Crippen molar-refractivity contribution in [1.29, 1.82) is 0 Å². The fraction of sp³-hybridized carbons (Fsp3) is 0.250. The number of carbonyl (C=O) groups excluding carboxylic acids is 1. The zero-order valence-electron chi connectivity index (χ0n) is 10.4. The molecule has 0 spiro atoms. The van der Waals surface area contributed by atoms with Crippen molar-refractivity contribution in [2.45, 2.75) is 20.4 Å². The summed E-state index contributed by atoms with van der Waals surface area (Å²) in [4.78, 5) is 26.9. The fourth-order valence-electron chi connectivity index (χ4n) is 1.55. The van der Waals surface area contributed by atoms with Crippen LogP contribution in [0.3, 0.4) is 0 Å². The van der Waals surface area contributed by atoms with Gasteiger partial charge in [-0.2, -0.15) is 0 Å². The maximum atomic E-state index is 11.7. The number of nitrogens with zero attached hydrogens (tertiary/aromatic N) is 1. The molecule has 2 aromatic rings. The second-order valence-electron chi connectivity index (χ2n) is 3.96. The molecule has 0 saturated carbocycles. The number of aryl methyl sites for hydroxylation is 2. The Kier molecular flexibility index (Phi) is 3.66. The molecule has 2 rings (SSSR count). The maximum Gasteiger partial charge on any atom is 0.347 e. The second-order valence-corrected chi connectivity index (χ2v) is 5.04. The quantitative estimate of drug-likeness (QED) is 0.893. The van der Waals surface area contributed by atoms with Gasteiger partial charge < -0.3 is 14.8 Å². The molecule has 0 aliphatic carbocycles. The van der Waals surface area contributed by atoms with Crippen LogP contribution in [0.5, 0.6) is 0 Å². The van der Waals surface area contributed by atoms with Gasteiger partial charge in [0.05, 0.1) is 17.8 Å². The van der Waals surface area contributed by atoms with Crippen LogP contribution in [0.25, 0.3) is 0 Å². The molecule has 0 radical (unpaired) electrons. The molecule has 2 aromatic heterocycles. The second kappa shape index (κ2) is 5.23. The molecule has 0 atom stereocenters. The van der Waals surface area contributed by atoms with Crippen LogP contribution in [-0.4, -0.2) is 22.0 Å². The van der Waals surface area contributed by atoms with E-state index in [1.54, 1.807) is 19.9 Å². The van der Waals surface area contributed by atoms with Crippen molar-refractivity contribution in [1.82, 2.24) is 10.3 Å². The highest BCUT2D eigenvalue weighted by molar-refractivity contribution is 7.13. The van der Waals surface area contributed by atoms with Gasteiger partial charge in [-0.1, -0.05) is 0 Å². The normalized spacial score (nSPS) is 10.4. The summed E-state index contributed by atoms with van der Waals surface area (Å²) in [5.41, 5.74) is 0.894. The van der Waals surface area contributed by atoms with Crippen LogP contribution >= 0.6 is 11.3 Å². The standard InChI is InChI=1S/C12H12N2O4S/c1-6-3-8(5-18-6)11(15)13-4-9-14-7(2)10(19-9)12(16)17/h3,5H,4H2,1-2H3,(H,13,15)(H,16,17). The third kappa shape index (κ3) is 3.00. The molecule has 2 heterocycles. The van der Waals surface area contributed by atoms with Crippen LogP contribution in [0.1, 0.15) is 36.5 Å². The number of rotatable bonds is 4. The Morgan fingerprint density at radius 1 is 1.47 bits per heavy atom. The summed E-state index contributed by atoms with van der Waals surface area (Å²) in [5.74, 6) is -0.622. The topological polar surface area (TPSA) is 92.4 Å². The van der Waals surface area contributed by atoms with E-state index in [1.165, 1.54) is 6.26 Å². The Labute approximate surface area is 113 Å². The van der Waals surface area contributed by atoms with Crippen molar-refractivity contribution in [2.24, 2.45) is 0 Å². The largest absolute Gasteiger partial charge is 0.477 e. The average Bonchev–Trinajstić information content (AvgIpc) is 2.92. The van der Waals surface area contributed by atoms with Gasteiger partial charge in [-0.25, -0.2) is 9.78 Å². The zero-order valence-corrected chi connectivity index (χ0v) is 11.2. The summed E-state index contributed by atoms with van der Waals surface area (Å²) in [6, 6.07) is 1.63. The van der Waals surface area contributed by atoms with Crippen LogP contribution in [0.2, 0.25) is 0 Å². The monoisotopic (exact) mass is 280 g/mol. The van der Waals surface area contributed by atoms with Crippen molar-refractivity contribution >= 4 is 23.2 Å². The van der Waals surface area contributed by atoms with Crippen molar-refractivity contribution < 1.29 is 19.1 Å². The summed E-state index contributed by atoms with van der Waals surface area (Å²) < 4.78 is 5.04. The Morgan fingerprint density at radius 2 is 2.21 bits per heavy atom. The van der Waals surface area contributed by atoms with Gasteiger partial charge in [0.2, 0.25) is 0 Å². The average molecular weight is 280 g/mol. The molecule has 0 fully saturated rings. The molecule has 0 saturated heterocycles. The van der Waals surface area contributed by atoms with E-state index in [0.29, 0.717) is 22.0 Å². The SMILES string of the molecule is Cc1cc(C(=O)NCc2nc(C)c(C(=O)O)s2)co1. The number of hydrogen-bond donors (Lipinski definition) is 2. The number of aromatic nitrogens is 1. The van der Waals surface area contributed by atoms with Crippen LogP contribution in [0, 0.1) is 13.8 Å². The number of carboxylic acids is 1. The van der Waals surface area contributed by atoms with Crippen LogP contribution < -0.4 is 5.32 Å². The molecule has 6 nitrogen and oxygen atoms in total. The van der Waals surface area contributed by atoms with E-state index in [0.717, 1.165) is 11.3 Å². The van der Waals surface area contributed by atoms with E-state index >= 15 is 0 Å². The van der Waals surface area contributed by atoms with Gasteiger partial charge in [-0.05, 0) is 19.9 Å². The Hall–Kier alpha value is -2.15. The lowest BCUT2D eigenvalue weighted by molar-refractivity contribution is 0.0701. The fourth-order valence-corrected chi connectivity index (χ4v) is 2.39. The predicted molar refractivity (Wildman–Crippen MR) is 68.4 cm³/mol. The molecule has 19 heavy (non-hydrogen) atoms. The van der Waals surface area contributed by atoms with Gasteiger partial charge in [0.1, 0.15) is 21.9 Å². The van der Waals surface area contributed by atoms with Crippen molar-refractivity contribution in [3.63, 3.8) is 0 Å². The van der Waals surface area contributed by atoms with Gasteiger partial charge >= 0.3 is 5.97 Å². The first-order valence-corrected chi connectivity index (χ1v) is 6.32. The third-order valence-corrected chi connectivity index (χ3v) is 3.57. The zero-order chi connectivity index (χ0) is 14.0. The molecular weight excluding hydrogens is 268 g/mol. The first-order valence-electron chi connectivity index (χ1n) is 5.50. The number of nitrogens with one attached hydrogen (secondary N) is 1.